The minimum Gasteiger partial charge on any atom is -0.488 e. The molecule has 1 atom stereocenters. The molecule has 1 aromatic rings. The van der Waals surface area contributed by atoms with Gasteiger partial charge in [0.1, 0.15) is 11.9 Å². The number of aliphatic hydroxyl groups excluding tert-OH is 1. The molecule has 1 fully saturated rings. The Hall–Kier alpha value is -1.06. The Morgan fingerprint density at radius 2 is 2.12 bits per heavy atom. The van der Waals surface area contributed by atoms with E-state index in [1.807, 2.05) is 12.1 Å². The van der Waals surface area contributed by atoms with Crippen LogP contribution in [0.15, 0.2) is 24.3 Å². The highest BCUT2D eigenvalue weighted by molar-refractivity contribution is 5.27. The smallest absolute Gasteiger partial charge is 0.122 e. The van der Waals surface area contributed by atoms with Crippen molar-refractivity contribution >= 4 is 0 Å². The molecule has 1 aliphatic heterocycles. The van der Waals surface area contributed by atoms with Crippen LogP contribution in [0.4, 0.5) is 0 Å². The monoisotopic (exact) mass is 236 g/mol. The molecular formula is C14H20O3. The van der Waals surface area contributed by atoms with E-state index in [-0.39, 0.29) is 12.7 Å². The molecule has 1 aromatic carbocycles. The van der Waals surface area contributed by atoms with Gasteiger partial charge in [0.15, 0.2) is 0 Å². The van der Waals surface area contributed by atoms with Gasteiger partial charge in [0.25, 0.3) is 0 Å². The Bertz CT molecular complexity index is 315. The molecule has 1 heterocycles. The molecule has 3 heteroatoms. The highest BCUT2D eigenvalue weighted by atomic mass is 16.5. The number of aliphatic hydroxyl groups is 1. The summed E-state index contributed by atoms with van der Waals surface area (Å²) in [6.07, 6.45) is 4.10. The zero-order valence-electron chi connectivity index (χ0n) is 10.1. The first kappa shape index (κ1) is 12.4. The molecular weight excluding hydrogens is 216 g/mol. The number of ether oxygens (including phenoxy) is 2. The minimum atomic E-state index is 0.201. The molecule has 17 heavy (non-hydrogen) atoms. The van der Waals surface area contributed by atoms with Gasteiger partial charge in [-0.1, -0.05) is 12.1 Å². The van der Waals surface area contributed by atoms with Gasteiger partial charge in [0.2, 0.25) is 0 Å². The third-order valence-electron chi connectivity index (χ3n) is 2.97. The lowest BCUT2D eigenvalue weighted by Gasteiger charge is -2.23. The van der Waals surface area contributed by atoms with E-state index in [1.165, 1.54) is 5.56 Å². The van der Waals surface area contributed by atoms with Crippen molar-refractivity contribution in [3.63, 3.8) is 0 Å². The first-order valence-electron chi connectivity index (χ1n) is 6.32. The van der Waals surface area contributed by atoms with Crippen molar-refractivity contribution in [3.8, 4) is 5.75 Å². The van der Waals surface area contributed by atoms with E-state index < -0.39 is 0 Å². The number of hydrogen-bond acceptors (Lipinski definition) is 3. The number of hydrogen-bond donors (Lipinski definition) is 1. The molecule has 94 valence electrons. The van der Waals surface area contributed by atoms with Gasteiger partial charge in [-0.15, -0.1) is 0 Å². The molecule has 0 aromatic heterocycles. The van der Waals surface area contributed by atoms with Crippen molar-refractivity contribution < 1.29 is 14.6 Å². The van der Waals surface area contributed by atoms with Crippen LogP contribution in [0.2, 0.25) is 0 Å². The van der Waals surface area contributed by atoms with Crippen molar-refractivity contribution in [2.45, 2.75) is 31.8 Å². The SMILES string of the molecule is OCCCc1ccc(OC2CCCOC2)cc1. The molecule has 0 saturated carbocycles. The molecule has 1 unspecified atom stereocenters. The van der Waals surface area contributed by atoms with E-state index in [1.54, 1.807) is 0 Å². The second-order valence-corrected chi connectivity index (χ2v) is 4.43. The largest absolute Gasteiger partial charge is 0.488 e. The van der Waals surface area contributed by atoms with Crippen LogP contribution in [0.5, 0.6) is 5.75 Å². The lowest BCUT2D eigenvalue weighted by molar-refractivity contribution is 0.00742. The van der Waals surface area contributed by atoms with E-state index in [4.69, 9.17) is 14.6 Å². The molecule has 1 N–H and O–H groups in total. The maximum atomic E-state index is 8.76. The second kappa shape index (κ2) is 6.62. The van der Waals surface area contributed by atoms with Crippen LogP contribution in [-0.2, 0) is 11.2 Å². The van der Waals surface area contributed by atoms with Crippen molar-refractivity contribution in [2.75, 3.05) is 19.8 Å². The molecule has 0 bridgehead atoms. The Balaban J connectivity index is 1.84. The lowest BCUT2D eigenvalue weighted by atomic mass is 10.1. The Kier molecular flexibility index (Phi) is 4.83. The van der Waals surface area contributed by atoms with Crippen LogP contribution in [0.3, 0.4) is 0 Å². The molecule has 1 saturated heterocycles. The lowest BCUT2D eigenvalue weighted by Crippen LogP contribution is -2.27. The second-order valence-electron chi connectivity index (χ2n) is 4.43. The van der Waals surface area contributed by atoms with Crippen LogP contribution in [0.25, 0.3) is 0 Å². The molecule has 0 radical (unpaired) electrons. The van der Waals surface area contributed by atoms with Crippen LogP contribution < -0.4 is 4.74 Å². The molecule has 0 amide bonds. The van der Waals surface area contributed by atoms with Gasteiger partial charge >= 0.3 is 0 Å². The molecule has 0 aliphatic carbocycles. The zero-order valence-corrected chi connectivity index (χ0v) is 10.1. The van der Waals surface area contributed by atoms with E-state index in [9.17, 15) is 0 Å². The summed E-state index contributed by atoms with van der Waals surface area (Å²) >= 11 is 0. The van der Waals surface area contributed by atoms with Gasteiger partial charge < -0.3 is 14.6 Å². The Morgan fingerprint density at radius 3 is 2.76 bits per heavy atom. The molecule has 3 nitrogen and oxygen atoms in total. The Morgan fingerprint density at radius 1 is 1.29 bits per heavy atom. The third kappa shape index (κ3) is 4.02. The summed E-state index contributed by atoms with van der Waals surface area (Å²) < 4.78 is 11.2. The Labute approximate surface area is 102 Å². The van der Waals surface area contributed by atoms with E-state index in [0.29, 0.717) is 6.61 Å². The zero-order chi connectivity index (χ0) is 11.9. The summed E-state index contributed by atoms with van der Waals surface area (Å²) in [6, 6.07) is 8.13. The predicted molar refractivity (Wildman–Crippen MR) is 66.3 cm³/mol. The fourth-order valence-corrected chi connectivity index (χ4v) is 2.01. The van der Waals surface area contributed by atoms with E-state index in [0.717, 1.165) is 38.0 Å². The van der Waals surface area contributed by atoms with Gasteiger partial charge in [-0.25, -0.2) is 0 Å². The normalized spacial score (nSPS) is 20.2. The molecule has 2 rings (SSSR count). The summed E-state index contributed by atoms with van der Waals surface area (Å²) in [5, 5.41) is 8.76. The maximum absolute atomic E-state index is 8.76. The fourth-order valence-electron chi connectivity index (χ4n) is 2.01. The topological polar surface area (TPSA) is 38.7 Å². The average molecular weight is 236 g/mol. The van der Waals surface area contributed by atoms with E-state index >= 15 is 0 Å². The number of aryl methyl sites for hydroxylation is 1. The van der Waals surface area contributed by atoms with Gasteiger partial charge in [0.05, 0.1) is 6.61 Å². The predicted octanol–water partition coefficient (Wildman–Crippen LogP) is 2.17. The highest BCUT2D eigenvalue weighted by Crippen LogP contribution is 2.18. The summed E-state index contributed by atoms with van der Waals surface area (Å²) in [6.45, 7) is 1.81. The average Bonchev–Trinajstić information content (AvgIpc) is 2.39. The van der Waals surface area contributed by atoms with E-state index in [2.05, 4.69) is 12.1 Å². The first-order valence-corrected chi connectivity index (χ1v) is 6.32. The van der Waals surface area contributed by atoms with Gasteiger partial charge in [-0.2, -0.15) is 0 Å². The van der Waals surface area contributed by atoms with Crippen LogP contribution in [-0.4, -0.2) is 31.0 Å². The van der Waals surface area contributed by atoms with Gasteiger partial charge in [-0.05, 0) is 43.4 Å². The van der Waals surface area contributed by atoms with Crippen molar-refractivity contribution in [1.82, 2.24) is 0 Å². The standard InChI is InChI=1S/C14H20O3/c15-9-1-3-12-5-7-13(8-6-12)17-14-4-2-10-16-11-14/h5-8,14-15H,1-4,9-11H2. The molecule has 0 spiro atoms. The van der Waals surface area contributed by atoms with Gasteiger partial charge in [0, 0.05) is 13.2 Å². The third-order valence-corrected chi connectivity index (χ3v) is 2.97. The summed E-state index contributed by atoms with van der Waals surface area (Å²) in [5.41, 5.74) is 1.24. The summed E-state index contributed by atoms with van der Waals surface area (Å²) in [7, 11) is 0. The fraction of sp³-hybridized carbons (Fsp3) is 0.571. The minimum absolute atomic E-state index is 0.201. The van der Waals surface area contributed by atoms with Crippen molar-refractivity contribution in [3.05, 3.63) is 29.8 Å². The highest BCUT2D eigenvalue weighted by Gasteiger charge is 2.14. The quantitative estimate of drug-likeness (QED) is 0.851. The number of benzene rings is 1. The van der Waals surface area contributed by atoms with Crippen LogP contribution in [0, 0.1) is 0 Å². The summed E-state index contributed by atoms with van der Waals surface area (Å²) in [4.78, 5) is 0. The molecule has 1 aliphatic rings. The van der Waals surface area contributed by atoms with Crippen molar-refractivity contribution in [1.29, 1.82) is 0 Å². The van der Waals surface area contributed by atoms with Crippen LogP contribution in [0.1, 0.15) is 24.8 Å². The van der Waals surface area contributed by atoms with Gasteiger partial charge in [-0.3, -0.25) is 0 Å². The van der Waals surface area contributed by atoms with Crippen molar-refractivity contribution in [2.24, 2.45) is 0 Å². The number of rotatable bonds is 5. The first-order chi connectivity index (χ1) is 8.38. The summed E-state index contributed by atoms with van der Waals surface area (Å²) in [5.74, 6) is 0.910. The van der Waals surface area contributed by atoms with Crippen LogP contribution >= 0.6 is 0 Å². The maximum Gasteiger partial charge on any atom is 0.122 e.